The van der Waals surface area contributed by atoms with Gasteiger partial charge in [-0.2, -0.15) is 13.2 Å². The van der Waals surface area contributed by atoms with Crippen molar-refractivity contribution in [2.45, 2.75) is 19.0 Å². The smallest absolute Gasteiger partial charge is 0.417 e. The van der Waals surface area contributed by atoms with E-state index in [0.29, 0.717) is 11.2 Å². The van der Waals surface area contributed by atoms with Crippen LogP contribution >= 0.6 is 0 Å². The Kier molecular flexibility index (Phi) is 4.26. The molecular weight excluding hydrogens is 343 g/mol. The fraction of sp³-hybridized carbons (Fsp3) is 0.421. The Balaban J connectivity index is 1.42. The Bertz CT molecular complexity index is 762. The lowest BCUT2D eigenvalue weighted by Gasteiger charge is -2.53. The zero-order chi connectivity index (χ0) is 18.2. The number of rotatable bonds is 3. The number of pyridine rings is 1. The largest absolute Gasteiger partial charge is 0.439 e. The molecule has 2 saturated heterocycles. The topological polar surface area (TPSA) is 37.4 Å². The molecule has 4 nitrogen and oxygen atoms in total. The molecule has 26 heavy (non-hydrogen) atoms. The Morgan fingerprint density at radius 2 is 1.85 bits per heavy atom. The van der Waals surface area contributed by atoms with Crippen LogP contribution in [0.4, 0.5) is 18.9 Å². The fourth-order valence-electron chi connectivity index (χ4n) is 3.69. The summed E-state index contributed by atoms with van der Waals surface area (Å²) in [6.45, 7) is 4.24. The van der Waals surface area contributed by atoms with Crippen molar-refractivity contribution in [2.75, 3.05) is 31.1 Å². The van der Waals surface area contributed by atoms with E-state index in [9.17, 15) is 13.2 Å². The number of piperidine rings is 1. The Morgan fingerprint density at radius 1 is 1.08 bits per heavy atom. The van der Waals surface area contributed by atoms with E-state index in [1.165, 1.54) is 18.9 Å². The molecule has 2 aliphatic heterocycles. The fourth-order valence-corrected chi connectivity index (χ4v) is 3.69. The molecule has 2 fully saturated rings. The number of alkyl halides is 3. The van der Waals surface area contributed by atoms with E-state index in [1.807, 2.05) is 18.2 Å². The van der Waals surface area contributed by atoms with Gasteiger partial charge in [0.05, 0.1) is 5.56 Å². The quantitative estimate of drug-likeness (QED) is 0.892. The van der Waals surface area contributed by atoms with Gasteiger partial charge in [-0.1, -0.05) is 6.07 Å². The lowest BCUT2D eigenvalue weighted by atomic mass is 9.72. The predicted octanol–water partition coefficient (Wildman–Crippen LogP) is 4.08. The molecule has 0 bridgehead atoms. The van der Waals surface area contributed by atoms with Gasteiger partial charge in [0.15, 0.2) is 0 Å². The average molecular weight is 363 g/mol. The van der Waals surface area contributed by atoms with E-state index in [-0.39, 0.29) is 5.88 Å². The van der Waals surface area contributed by atoms with Crippen molar-refractivity contribution < 1.29 is 17.9 Å². The van der Waals surface area contributed by atoms with Crippen molar-refractivity contribution >= 4 is 5.69 Å². The average Bonchev–Trinajstić information content (AvgIpc) is 2.60. The summed E-state index contributed by atoms with van der Waals surface area (Å²) in [7, 11) is 0. The van der Waals surface area contributed by atoms with Gasteiger partial charge in [0.1, 0.15) is 5.75 Å². The van der Waals surface area contributed by atoms with Gasteiger partial charge in [-0.05, 0) is 44.1 Å². The monoisotopic (exact) mass is 363 g/mol. The van der Waals surface area contributed by atoms with Gasteiger partial charge in [0.2, 0.25) is 5.88 Å². The number of halogens is 3. The molecule has 0 saturated carbocycles. The van der Waals surface area contributed by atoms with Gasteiger partial charge < -0.3 is 15.0 Å². The maximum atomic E-state index is 12.6. The molecule has 138 valence electrons. The third-order valence-corrected chi connectivity index (χ3v) is 5.19. The van der Waals surface area contributed by atoms with E-state index in [1.54, 1.807) is 6.07 Å². The second-order valence-corrected chi connectivity index (χ2v) is 7.09. The summed E-state index contributed by atoms with van der Waals surface area (Å²) >= 11 is 0. The molecule has 3 heterocycles. The van der Waals surface area contributed by atoms with Gasteiger partial charge in [-0.15, -0.1) is 0 Å². The highest BCUT2D eigenvalue weighted by atomic mass is 19.4. The molecule has 1 aromatic heterocycles. The number of hydrogen-bond acceptors (Lipinski definition) is 4. The molecular formula is C19H20F3N3O. The standard InChI is InChI=1S/C19H20F3N3O/c20-19(21,22)14-4-5-17(24-11-14)26-16-3-1-2-15(10-16)25-12-18(13-25)6-8-23-9-7-18/h1-5,10-11,23H,6-9,12-13H2. The molecule has 1 spiro atoms. The molecule has 1 N–H and O–H groups in total. The normalized spacial score (nSPS) is 19.3. The Morgan fingerprint density at radius 3 is 2.50 bits per heavy atom. The molecule has 0 unspecified atom stereocenters. The molecule has 7 heteroatoms. The van der Waals surface area contributed by atoms with E-state index in [0.717, 1.165) is 44.1 Å². The number of benzene rings is 1. The van der Waals surface area contributed by atoms with Gasteiger partial charge in [0.25, 0.3) is 0 Å². The van der Waals surface area contributed by atoms with Crippen LogP contribution in [0.15, 0.2) is 42.6 Å². The summed E-state index contributed by atoms with van der Waals surface area (Å²) in [5.41, 5.74) is 0.710. The van der Waals surface area contributed by atoms with E-state index < -0.39 is 11.7 Å². The number of ether oxygens (including phenoxy) is 1. The first-order chi connectivity index (χ1) is 12.4. The van der Waals surface area contributed by atoms with Crippen LogP contribution in [0.25, 0.3) is 0 Å². The van der Waals surface area contributed by atoms with Crippen LogP contribution in [-0.4, -0.2) is 31.2 Å². The second-order valence-electron chi connectivity index (χ2n) is 7.09. The first kappa shape index (κ1) is 17.1. The van der Waals surface area contributed by atoms with Crippen molar-refractivity contribution in [3.63, 3.8) is 0 Å². The molecule has 0 aliphatic carbocycles. The third kappa shape index (κ3) is 3.49. The van der Waals surface area contributed by atoms with E-state index >= 15 is 0 Å². The zero-order valence-corrected chi connectivity index (χ0v) is 14.2. The number of aromatic nitrogens is 1. The van der Waals surface area contributed by atoms with Crippen LogP contribution in [0.3, 0.4) is 0 Å². The summed E-state index contributed by atoms with van der Waals surface area (Å²) in [4.78, 5) is 6.07. The van der Waals surface area contributed by atoms with Gasteiger partial charge >= 0.3 is 6.18 Å². The van der Waals surface area contributed by atoms with Crippen LogP contribution in [0.5, 0.6) is 11.6 Å². The van der Waals surface area contributed by atoms with Crippen LogP contribution in [0.2, 0.25) is 0 Å². The molecule has 0 radical (unpaired) electrons. The molecule has 2 aliphatic rings. The SMILES string of the molecule is FC(F)(F)c1ccc(Oc2cccc(N3CC4(CCNCC4)C3)c2)nc1. The minimum Gasteiger partial charge on any atom is -0.439 e. The lowest BCUT2D eigenvalue weighted by Crippen LogP contribution is -2.60. The lowest BCUT2D eigenvalue weighted by molar-refractivity contribution is -0.137. The summed E-state index contributed by atoms with van der Waals surface area (Å²) in [5.74, 6) is 0.717. The summed E-state index contributed by atoms with van der Waals surface area (Å²) in [5, 5.41) is 3.40. The zero-order valence-electron chi connectivity index (χ0n) is 14.2. The minimum absolute atomic E-state index is 0.147. The Labute approximate surface area is 150 Å². The molecule has 0 amide bonds. The summed E-state index contributed by atoms with van der Waals surface area (Å²) in [6, 6.07) is 9.82. The van der Waals surface area contributed by atoms with Crippen molar-refractivity contribution in [2.24, 2.45) is 5.41 Å². The first-order valence-corrected chi connectivity index (χ1v) is 8.71. The van der Waals surface area contributed by atoms with Gasteiger partial charge in [-0.25, -0.2) is 4.98 Å². The molecule has 4 rings (SSSR count). The molecule has 2 aromatic rings. The second kappa shape index (κ2) is 6.46. The van der Waals surface area contributed by atoms with E-state index in [2.05, 4.69) is 15.2 Å². The van der Waals surface area contributed by atoms with Crippen LogP contribution in [0, 0.1) is 5.41 Å². The summed E-state index contributed by atoms with van der Waals surface area (Å²) in [6.07, 6.45) is -1.20. The highest BCUT2D eigenvalue weighted by Gasteiger charge is 2.43. The van der Waals surface area contributed by atoms with Crippen LogP contribution in [-0.2, 0) is 6.18 Å². The van der Waals surface area contributed by atoms with Crippen molar-refractivity contribution in [1.29, 1.82) is 0 Å². The first-order valence-electron chi connectivity index (χ1n) is 8.71. The number of anilines is 1. The third-order valence-electron chi connectivity index (χ3n) is 5.19. The van der Waals surface area contributed by atoms with E-state index in [4.69, 9.17) is 4.74 Å². The van der Waals surface area contributed by atoms with Crippen LogP contribution in [0.1, 0.15) is 18.4 Å². The maximum absolute atomic E-state index is 12.6. The summed E-state index contributed by atoms with van der Waals surface area (Å²) < 4.78 is 43.4. The van der Waals surface area contributed by atoms with Gasteiger partial charge in [0, 0.05) is 42.5 Å². The number of nitrogens with one attached hydrogen (secondary N) is 1. The van der Waals surface area contributed by atoms with Crippen LogP contribution < -0.4 is 15.0 Å². The highest BCUT2D eigenvalue weighted by molar-refractivity contribution is 5.54. The molecule has 0 atom stereocenters. The minimum atomic E-state index is -4.40. The van der Waals surface area contributed by atoms with Crippen molar-refractivity contribution in [1.82, 2.24) is 10.3 Å². The highest BCUT2D eigenvalue weighted by Crippen LogP contribution is 2.42. The number of nitrogens with zero attached hydrogens (tertiary/aromatic N) is 2. The maximum Gasteiger partial charge on any atom is 0.417 e. The predicted molar refractivity (Wildman–Crippen MR) is 92.5 cm³/mol. The van der Waals surface area contributed by atoms with Crippen molar-refractivity contribution in [3.8, 4) is 11.6 Å². The van der Waals surface area contributed by atoms with Crippen molar-refractivity contribution in [3.05, 3.63) is 48.2 Å². The number of hydrogen-bond donors (Lipinski definition) is 1. The van der Waals surface area contributed by atoms with Gasteiger partial charge in [-0.3, -0.25) is 0 Å². The molecule has 1 aromatic carbocycles. The Hall–Kier alpha value is -2.28.